The molecule has 1 fully saturated rings. The standard InChI is InChI=1S/C14H19N3O4/c1-14(21-7-12(18)19)8-17(9-14)10-4-5-15-11(6-10)13(20)16(2)3/h4-6H,7-9H2,1-3H3,(H,18,19). The summed E-state index contributed by atoms with van der Waals surface area (Å²) in [6.45, 7) is 2.74. The van der Waals surface area contributed by atoms with E-state index in [1.54, 1.807) is 26.4 Å². The molecule has 0 radical (unpaired) electrons. The number of anilines is 1. The fourth-order valence-corrected chi connectivity index (χ4v) is 2.23. The fraction of sp³-hybridized carbons (Fsp3) is 0.500. The highest BCUT2D eigenvalue weighted by Crippen LogP contribution is 2.30. The van der Waals surface area contributed by atoms with Crippen molar-refractivity contribution in [1.82, 2.24) is 9.88 Å². The Morgan fingerprint density at radius 2 is 2.14 bits per heavy atom. The normalized spacial score (nSPS) is 16.2. The zero-order chi connectivity index (χ0) is 15.6. The summed E-state index contributed by atoms with van der Waals surface area (Å²) in [7, 11) is 3.36. The van der Waals surface area contributed by atoms with Gasteiger partial charge in [-0.1, -0.05) is 0 Å². The molecular formula is C14H19N3O4. The van der Waals surface area contributed by atoms with Crippen molar-refractivity contribution in [1.29, 1.82) is 0 Å². The molecule has 0 aromatic carbocycles. The van der Waals surface area contributed by atoms with Crippen LogP contribution in [0.25, 0.3) is 0 Å². The first-order chi connectivity index (χ1) is 9.81. The van der Waals surface area contributed by atoms with Crippen LogP contribution in [0.3, 0.4) is 0 Å². The van der Waals surface area contributed by atoms with Crippen LogP contribution in [0.2, 0.25) is 0 Å². The second kappa shape index (κ2) is 5.69. The monoisotopic (exact) mass is 293 g/mol. The molecule has 1 saturated heterocycles. The van der Waals surface area contributed by atoms with Gasteiger partial charge in [0.25, 0.3) is 5.91 Å². The molecule has 1 aromatic heterocycles. The quantitative estimate of drug-likeness (QED) is 0.849. The van der Waals surface area contributed by atoms with Crippen molar-refractivity contribution in [2.75, 3.05) is 38.7 Å². The van der Waals surface area contributed by atoms with Gasteiger partial charge in [0.15, 0.2) is 0 Å². The second-order valence-corrected chi connectivity index (χ2v) is 5.59. The number of carboxylic acid groups (broad SMARTS) is 1. The summed E-state index contributed by atoms with van der Waals surface area (Å²) >= 11 is 0. The van der Waals surface area contributed by atoms with Crippen molar-refractivity contribution in [3.05, 3.63) is 24.0 Å². The lowest BCUT2D eigenvalue weighted by molar-refractivity contribution is -0.150. The van der Waals surface area contributed by atoms with Gasteiger partial charge in [0.1, 0.15) is 17.9 Å². The zero-order valence-corrected chi connectivity index (χ0v) is 12.4. The van der Waals surface area contributed by atoms with Crippen LogP contribution in [-0.4, -0.2) is 66.3 Å². The van der Waals surface area contributed by atoms with E-state index in [2.05, 4.69) is 4.98 Å². The first kappa shape index (κ1) is 15.2. The first-order valence-corrected chi connectivity index (χ1v) is 6.59. The van der Waals surface area contributed by atoms with Gasteiger partial charge in [-0.25, -0.2) is 4.79 Å². The molecule has 0 bridgehead atoms. The summed E-state index contributed by atoms with van der Waals surface area (Å²) in [5.41, 5.74) is 0.803. The van der Waals surface area contributed by atoms with E-state index in [4.69, 9.17) is 9.84 Å². The smallest absolute Gasteiger partial charge is 0.329 e. The zero-order valence-electron chi connectivity index (χ0n) is 12.4. The molecule has 0 unspecified atom stereocenters. The van der Waals surface area contributed by atoms with Crippen molar-refractivity contribution in [2.45, 2.75) is 12.5 Å². The Morgan fingerprint density at radius 3 is 2.71 bits per heavy atom. The van der Waals surface area contributed by atoms with Crippen LogP contribution >= 0.6 is 0 Å². The molecule has 1 aliphatic heterocycles. The molecule has 1 N–H and O–H groups in total. The first-order valence-electron chi connectivity index (χ1n) is 6.59. The lowest BCUT2D eigenvalue weighted by Gasteiger charge is -2.48. The molecule has 0 atom stereocenters. The third-order valence-corrected chi connectivity index (χ3v) is 3.33. The molecule has 2 rings (SSSR count). The van der Waals surface area contributed by atoms with Crippen molar-refractivity contribution in [2.24, 2.45) is 0 Å². The van der Waals surface area contributed by atoms with Gasteiger partial charge in [0.2, 0.25) is 0 Å². The fourth-order valence-electron chi connectivity index (χ4n) is 2.23. The number of carbonyl (C=O) groups is 2. The second-order valence-electron chi connectivity index (χ2n) is 5.59. The Kier molecular flexibility index (Phi) is 4.13. The molecule has 0 spiro atoms. The molecule has 7 heteroatoms. The molecule has 1 aromatic rings. The third kappa shape index (κ3) is 3.49. The maximum Gasteiger partial charge on any atom is 0.329 e. The third-order valence-electron chi connectivity index (χ3n) is 3.33. The molecule has 2 heterocycles. The SMILES string of the molecule is CN(C)C(=O)c1cc(N2CC(C)(OCC(=O)O)C2)ccn1. The van der Waals surface area contributed by atoms with Crippen molar-refractivity contribution >= 4 is 17.6 Å². The molecule has 1 amide bonds. The summed E-state index contributed by atoms with van der Waals surface area (Å²) < 4.78 is 5.36. The lowest BCUT2D eigenvalue weighted by atomic mass is 9.95. The number of aliphatic carboxylic acids is 1. The van der Waals surface area contributed by atoms with E-state index in [1.165, 1.54) is 4.90 Å². The number of hydrogen-bond donors (Lipinski definition) is 1. The van der Waals surface area contributed by atoms with E-state index in [1.807, 2.05) is 17.9 Å². The number of amides is 1. The molecule has 1 aliphatic rings. The Balaban J connectivity index is 2.00. The van der Waals surface area contributed by atoms with Gasteiger partial charge in [-0.15, -0.1) is 0 Å². The van der Waals surface area contributed by atoms with Gasteiger partial charge < -0.3 is 19.6 Å². The highest BCUT2D eigenvalue weighted by molar-refractivity contribution is 5.92. The van der Waals surface area contributed by atoms with Crippen molar-refractivity contribution in [3.63, 3.8) is 0 Å². The number of carboxylic acids is 1. The van der Waals surface area contributed by atoms with Gasteiger partial charge in [0, 0.05) is 39.1 Å². The number of aromatic nitrogens is 1. The van der Waals surface area contributed by atoms with E-state index in [9.17, 15) is 9.59 Å². The maximum atomic E-state index is 11.9. The Morgan fingerprint density at radius 1 is 1.48 bits per heavy atom. The summed E-state index contributed by atoms with van der Waals surface area (Å²) in [4.78, 5) is 30.0. The van der Waals surface area contributed by atoms with E-state index in [0.29, 0.717) is 18.8 Å². The topological polar surface area (TPSA) is 83.0 Å². The highest BCUT2D eigenvalue weighted by Gasteiger charge is 2.40. The summed E-state index contributed by atoms with van der Waals surface area (Å²) in [5, 5.41) is 8.64. The number of carbonyl (C=O) groups excluding carboxylic acids is 1. The highest BCUT2D eigenvalue weighted by atomic mass is 16.5. The molecule has 7 nitrogen and oxygen atoms in total. The number of nitrogens with zero attached hydrogens (tertiary/aromatic N) is 3. The van der Waals surface area contributed by atoms with E-state index >= 15 is 0 Å². The number of pyridine rings is 1. The molecular weight excluding hydrogens is 274 g/mol. The van der Waals surface area contributed by atoms with Gasteiger partial charge in [-0.3, -0.25) is 9.78 Å². The van der Waals surface area contributed by atoms with Crippen LogP contribution in [0.4, 0.5) is 5.69 Å². The number of rotatable bonds is 5. The largest absolute Gasteiger partial charge is 0.480 e. The van der Waals surface area contributed by atoms with Gasteiger partial charge in [0.05, 0.1) is 0 Å². The van der Waals surface area contributed by atoms with Crippen LogP contribution in [0.15, 0.2) is 18.3 Å². The van der Waals surface area contributed by atoms with Crippen LogP contribution < -0.4 is 4.90 Å². The summed E-state index contributed by atoms with van der Waals surface area (Å²) in [6, 6.07) is 3.56. The van der Waals surface area contributed by atoms with Gasteiger partial charge >= 0.3 is 5.97 Å². The predicted molar refractivity (Wildman–Crippen MR) is 76.5 cm³/mol. The van der Waals surface area contributed by atoms with Crippen molar-refractivity contribution < 1.29 is 19.4 Å². The van der Waals surface area contributed by atoms with Gasteiger partial charge in [-0.2, -0.15) is 0 Å². The van der Waals surface area contributed by atoms with Gasteiger partial charge in [-0.05, 0) is 19.1 Å². The van der Waals surface area contributed by atoms with Crippen LogP contribution in [0.5, 0.6) is 0 Å². The van der Waals surface area contributed by atoms with Crippen LogP contribution in [0.1, 0.15) is 17.4 Å². The molecule has 114 valence electrons. The molecule has 0 saturated carbocycles. The van der Waals surface area contributed by atoms with Crippen LogP contribution in [-0.2, 0) is 9.53 Å². The minimum absolute atomic E-state index is 0.151. The predicted octanol–water partition coefficient (Wildman–Crippen LogP) is 0.463. The van der Waals surface area contributed by atoms with E-state index < -0.39 is 11.6 Å². The maximum absolute atomic E-state index is 11.9. The average Bonchev–Trinajstić information content (AvgIpc) is 2.41. The van der Waals surface area contributed by atoms with Crippen molar-refractivity contribution in [3.8, 4) is 0 Å². The minimum Gasteiger partial charge on any atom is -0.480 e. The van der Waals surface area contributed by atoms with E-state index in [-0.39, 0.29) is 12.5 Å². The van der Waals surface area contributed by atoms with Crippen LogP contribution in [0, 0.1) is 0 Å². The number of hydrogen-bond acceptors (Lipinski definition) is 5. The minimum atomic E-state index is -0.975. The Bertz CT molecular complexity index is 553. The Labute approximate surface area is 123 Å². The Hall–Kier alpha value is -2.15. The molecule has 0 aliphatic carbocycles. The molecule has 21 heavy (non-hydrogen) atoms. The average molecular weight is 293 g/mol. The summed E-state index contributed by atoms with van der Waals surface area (Å²) in [6.07, 6.45) is 1.60. The summed E-state index contributed by atoms with van der Waals surface area (Å²) in [5.74, 6) is -1.13. The number of ether oxygens (including phenoxy) is 1. The van der Waals surface area contributed by atoms with E-state index in [0.717, 1.165) is 5.69 Å². The lowest BCUT2D eigenvalue weighted by Crippen LogP contribution is -2.62.